The van der Waals surface area contributed by atoms with Gasteiger partial charge in [0, 0.05) is 13.7 Å². The molecular weight excluding hydrogens is 230 g/mol. The maximum atomic E-state index is 11.4. The third kappa shape index (κ3) is 5.19. The summed E-state index contributed by atoms with van der Waals surface area (Å²) in [6, 6.07) is 6.00. The molecule has 100 valence electrons. The molecule has 1 N–H and O–H groups in total. The van der Waals surface area contributed by atoms with Crippen molar-refractivity contribution in [3.05, 3.63) is 29.3 Å². The summed E-state index contributed by atoms with van der Waals surface area (Å²) in [6.45, 7) is 5.51. The van der Waals surface area contributed by atoms with E-state index in [1.165, 1.54) is 5.56 Å². The van der Waals surface area contributed by atoms with E-state index in [4.69, 9.17) is 9.47 Å². The monoisotopic (exact) mass is 251 g/mol. The Bertz CT molecular complexity index is 391. The number of amides is 1. The van der Waals surface area contributed by atoms with Crippen LogP contribution in [0, 0.1) is 13.8 Å². The predicted molar refractivity (Wildman–Crippen MR) is 70.9 cm³/mol. The smallest absolute Gasteiger partial charge is 0.223 e. The van der Waals surface area contributed by atoms with Crippen molar-refractivity contribution in [1.82, 2.24) is 5.32 Å². The summed E-state index contributed by atoms with van der Waals surface area (Å²) in [5.41, 5.74) is 2.30. The number of hydrogen-bond acceptors (Lipinski definition) is 3. The zero-order valence-corrected chi connectivity index (χ0v) is 11.3. The highest BCUT2D eigenvalue weighted by atomic mass is 16.5. The summed E-state index contributed by atoms with van der Waals surface area (Å²) in [5, 5.41) is 2.75. The van der Waals surface area contributed by atoms with Gasteiger partial charge in [-0.3, -0.25) is 4.79 Å². The van der Waals surface area contributed by atoms with Gasteiger partial charge in [-0.2, -0.15) is 0 Å². The largest absolute Gasteiger partial charge is 0.493 e. The molecular formula is C14H21NO3. The van der Waals surface area contributed by atoms with Crippen molar-refractivity contribution in [2.75, 3.05) is 26.9 Å². The van der Waals surface area contributed by atoms with Crippen LogP contribution in [0.15, 0.2) is 18.2 Å². The van der Waals surface area contributed by atoms with Gasteiger partial charge in [-0.25, -0.2) is 0 Å². The molecule has 0 aliphatic rings. The molecule has 1 aromatic rings. The first-order chi connectivity index (χ1) is 8.63. The average Bonchev–Trinajstić information content (AvgIpc) is 2.32. The molecule has 0 spiro atoms. The van der Waals surface area contributed by atoms with Crippen molar-refractivity contribution in [2.45, 2.75) is 20.3 Å². The lowest BCUT2D eigenvalue weighted by atomic mass is 10.1. The van der Waals surface area contributed by atoms with Crippen molar-refractivity contribution in [3.8, 4) is 5.75 Å². The van der Waals surface area contributed by atoms with Crippen molar-refractivity contribution < 1.29 is 14.3 Å². The van der Waals surface area contributed by atoms with Crippen molar-refractivity contribution in [3.63, 3.8) is 0 Å². The van der Waals surface area contributed by atoms with Crippen LogP contribution >= 0.6 is 0 Å². The van der Waals surface area contributed by atoms with Gasteiger partial charge in [-0.15, -0.1) is 0 Å². The first kappa shape index (κ1) is 14.5. The summed E-state index contributed by atoms with van der Waals surface area (Å²) in [4.78, 5) is 11.4. The molecule has 0 unspecified atom stereocenters. The number of aryl methyl sites for hydroxylation is 2. The van der Waals surface area contributed by atoms with Crippen LogP contribution in [0.2, 0.25) is 0 Å². The fourth-order valence-corrected chi connectivity index (χ4v) is 1.60. The van der Waals surface area contributed by atoms with Gasteiger partial charge >= 0.3 is 0 Å². The minimum atomic E-state index is -0.0168. The normalized spacial score (nSPS) is 10.2. The van der Waals surface area contributed by atoms with Gasteiger partial charge in [0.15, 0.2) is 0 Å². The molecule has 0 heterocycles. The summed E-state index contributed by atoms with van der Waals surface area (Å²) in [7, 11) is 1.61. The summed E-state index contributed by atoms with van der Waals surface area (Å²) in [6.07, 6.45) is 0.358. The SMILES string of the molecule is COCCNC(=O)CCOc1ccc(C)cc1C. The van der Waals surface area contributed by atoms with Gasteiger partial charge in [0.1, 0.15) is 5.75 Å². The topological polar surface area (TPSA) is 47.6 Å². The van der Waals surface area contributed by atoms with Gasteiger partial charge in [0.2, 0.25) is 5.91 Å². The second-order valence-corrected chi connectivity index (χ2v) is 4.21. The fraction of sp³-hybridized carbons (Fsp3) is 0.500. The zero-order valence-electron chi connectivity index (χ0n) is 11.3. The van der Waals surface area contributed by atoms with Gasteiger partial charge < -0.3 is 14.8 Å². The van der Waals surface area contributed by atoms with Gasteiger partial charge in [0.05, 0.1) is 19.6 Å². The van der Waals surface area contributed by atoms with E-state index in [9.17, 15) is 4.79 Å². The summed E-state index contributed by atoms with van der Waals surface area (Å²) < 4.78 is 10.4. The molecule has 0 bridgehead atoms. The average molecular weight is 251 g/mol. The second-order valence-electron chi connectivity index (χ2n) is 4.21. The quantitative estimate of drug-likeness (QED) is 0.752. The molecule has 0 aliphatic heterocycles. The number of methoxy groups -OCH3 is 1. The summed E-state index contributed by atoms with van der Waals surface area (Å²) in [5.74, 6) is 0.821. The van der Waals surface area contributed by atoms with E-state index < -0.39 is 0 Å². The first-order valence-electron chi connectivity index (χ1n) is 6.09. The molecule has 1 rings (SSSR count). The van der Waals surface area contributed by atoms with Gasteiger partial charge in [-0.1, -0.05) is 17.7 Å². The highest BCUT2D eigenvalue weighted by Gasteiger charge is 2.03. The standard InChI is InChI=1S/C14H21NO3/c1-11-4-5-13(12(2)10-11)18-8-6-14(16)15-7-9-17-3/h4-5,10H,6-9H2,1-3H3,(H,15,16). The maximum absolute atomic E-state index is 11.4. The van der Waals surface area contributed by atoms with Crippen LogP contribution < -0.4 is 10.1 Å². The number of carbonyl (C=O) groups excluding carboxylic acids is 1. The molecule has 0 radical (unpaired) electrons. The van der Waals surface area contributed by atoms with Crippen molar-refractivity contribution in [1.29, 1.82) is 0 Å². The molecule has 18 heavy (non-hydrogen) atoms. The molecule has 0 saturated carbocycles. The number of benzene rings is 1. The number of hydrogen-bond donors (Lipinski definition) is 1. The molecule has 4 nitrogen and oxygen atoms in total. The Labute approximate surface area is 108 Å². The van der Waals surface area contributed by atoms with E-state index in [0.717, 1.165) is 11.3 Å². The van der Waals surface area contributed by atoms with Crippen molar-refractivity contribution >= 4 is 5.91 Å². The zero-order chi connectivity index (χ0) is 13.4. The Hall–Kier alpha value is -1.55. The van der Waals surface area contributed by atoms with Crippen LogP contribution in [0.5, 0.6) is 5.75 Å². The highest BCUT2D eigenvalue weighted by molar-refractivity contribution is 5.75. The number of carbonyl (C=O) groups is 1. The van der Waals surface area contributed by atoms with E-state index >= 15 is 0 Å². The van der Waals surface area contributed by atoms with Gasteiger partial charge in [-0.05, 0) is 25.5 Å². The van der Waals surface area contributed by atoms with E-state index in [0.29, 0.717) is 26.2 Å². The van der Waals surface area contributed by atoms with Gasteiger partial charge in [0.25, 0.3) is 0 Å². The van der Waals surface area contributed by atoms with E-state index in [-0.39, 0.29) is 5.91 Å². The lowest BCUT2D eigenvalue weighted by Gasteiger charge is -2.09. The van der Waals surface area contributed by atoms with Crippen LogP contribution in [0.1, 0.15) is 17.5 Å². The third-order valence-corrected chi connectivity index (χ3v) is 2.55. The molecule has 1 aromatic carbocycles. The molecule has 0 aromatic heterocycles. The van der Waals surface area contributed by atoms with Crippen LogP contribution in [0.3, 0.4) is 0 Å². The molecule has 0 saturated heterocycles. The Morgan fingerprint density at radius 1 is 1.28 bits per heavy atom. The Morgan fingerprint density at radius 3 is 2.72 bits per heavy atom. The first-order valence-corrected chi connectivity index (χ1v) is 6.09. The molecule has 1 amide bonds. The lowest BCUT2D eigenvalue weighted by Crippen LogP contribution is -2.28. The second kappa shape index (κ2) is 7.71. The third-order valence-electron chi connectivity index (χ3n) is 2.55. The fourth-order valence-electron chi connectivity index (χ4n) is 1.60. The van der Waals surface area contributed by atoms with Crippen molar-refractivity contribution in [2.24, 2.45) is 0 Å². The Kier molecular flexibility index (Phi) is 6.22. The predicted octanol–water partition coefficient (Wildman–Crippen LogP) is 1.83. The van der Waals surface area contributed by atoms with Crippen LogP contribution in [-0.4, -0.2) is 32.8 Å². The lowest BCUT2D eigenvalue weighted by molar-refractivity contribution is -0.121. The minimum Gasteiger partial charge on any atom is -0.493 e. The van der Waals surface area contributed by atoms with E-state index in [1.807, 2.05) is 26.0 Å². The Balaban J connectivity index is 2.26. The highest BCUT2D eigenvalue weighted by Crippen LogP contribution is 2.18. The van der Waals surface area contributed by atoms with E-state index in [1.54, 1.807) is 7.11 Å². The number of rotatable bonds is 7. The number of ether oxygens (including phenoxy) is 2. The maximum Gasteiger partial charge on any atom is 0.223 e. The minimum absolute atomic E-state index is 0.0168. The van der Waals surface area contributed by atoms with Crippen LogP contribution in [0.25, 0.3) is 0 Å². The Morgan fingerprint density at radius 2 is 2.06 bits per heavy atom. The van der Waals surface area contributed by atoms with Crippen LogP contribution in [0.4, 0.5) is 0 Å². The number of nitrogens with one attached hydrogen (secondary N) is 1. The van der Waals surface area contributed by atoms with Crippen LogP contribution in [-0.2, 0) is 9.53 Å². The van der Waals surface area contributed by atoms with E-state index in [2.05, 4.69) is 11.4 Å². The molecule has 0 aliphatic carbocycles. The summed E-state index contributed by atoms with van der Waals surface area (Å²) >= 11 is 0. The molecule has 0 fully saturated rings. The molecule has 0 atom stereocenters. The molecule has 4 heteroatoms.